The van der Waals surface area contributed by atoms with Crippen molar-refractivity contribution >= 4 is 21.6 Å². The summed E-state index contributed by atoms with van der Waals surface area (Å²) in [6.45, 7) is 8.02. The topological polar surface area (TPSA) is 36.7 Å². The van der Waals surface area contributed by atoms with Crippen LogP contribution in [0.3, 0.4) is 0 Å². The highest BCUT2D eigenvalue weighted by Gasteiger charge is 2.06. The van der Waals surface area contributed by atoms with E-state index in [-0.39, 0.29) is 0 Å². The summed E-state index contributed by atoms with van der Waals surface area (Å²) < 4.78 is 0. The number of hydrogen-bond acceptors (Lipinski definition) is 3. The summed E-state index contributed by atoms with van der Waals surface area (Å²) in [5.41, 5.74) is 1.71. The van der Waals surface area contributed by atoms with E-state index in [0.717, 1.165) is 15.8 Å². The molecular weight excluding hydrogens is 204 g/mol. The van der Waals surface area contributed by atoms with Crippen molar-refractivity contribution in [2.45, 2.75) is 27.7 Å². The summed E-state index contributed by atoms with van der Waals surface area (Å²) in [5, 5.41) is 9.91. The van der Waals surface area contributed by atoms with Gasteiger partial charge in [-0.05, 0) is 25.5 Å². The van der Waals surface area contributed by atoms with Crippen LogP contribution in [0, 0.1) is 25.2 Å². The Bertz CT molecular complexity index is 506. The molecule has 0 saturated carbocycles. The second-order valence-electron chi connectivity index (χ2n) is 2.98. The molecule has 2 rings (SSSR count). The highest BCUT2D eigenvalue weighted by molar-refractivity contribution is 7.18. The van der Waals surface area contributed by atoms with Crippen LogP contribution in [0.2, 0.25) is 0 Å². The molecule has 0 aliphatic carbocycles. The number of aryl methyl sites for hydroxylation is 2. The van der Waals surface area contributed by atoms with Crippen molar-refractivity contribution in [1.82, 2.24) is 4.98 Å². The van der Waals surface area contributed by atoms with E-state index in [9.17, 15) is 0 Å². The Morgan fingerprint density at radius 1 is 1.33 bits per heavy atom. The Morgan fingerprint density at radius 3 is 2.60 bits per heavy atom. The molecule has 78 valence electrons. The smallest absolute Gasteiger partial charge is 0.123 e. The van der Waals surface area contributed by atoms with E-state index in [0.29, 0.717) is 5.56 Å². The molecule has 0 bridgehead atoms. The van der Waals surface area contributed by atoms with Gasteiger partial charge in [0, 0.05) is 16.5 Å². The van der Waals surface area contributed by atoms with Gasteiger partial charge in [-0.15, -0.1) is 11.3 Å². The third-order valence-electron chi connectivity index (χ3n) is 2.08. The highest BCUT2D eigenvalue weighted by atomic mass is 32.1. The van der Waals surface area contributed by atoms with Crippen molar-refractivity contribution in [3.8, 4) is 6.07 Å². The summed E-state index contributed by atoms with van der Waals surface area (Å²) in [6.07, 6.45) is 1.65. The van der Waals surface area contributed by atoms with Gasteiger partial charge in [-0.2, -0.15) is 5.26 Å². The van der Waals surface area contributed by atoms with E-state index in [1.54, 1.807) is 17.5 Å². The van der Waals surface area contributed by atoms with Crippen LogP contribution in [0.4, 0.5) is 0 Å². The monoisotopic (exact) mass is 218 g/mol. The minimum Gasteiger partial charge on any atom is -0.244 e. The van der Waals surface area contributed by atoms with E-state index in [1.165, 1.54) is 4.88 Å². The van der Waals surface area contributed by atoms with E-state index < -0.39 is 0 Å². The molecule has 2 aromatic heterocycles. The number of nitriles is 1. The lowest BCUT2D eigenvalue weighted by atomic mass is 10.1. The first-order valence-electron chi connectivity index (χ1n) is 4.98. The first kappa shape index (κ1) is 11.7. The molecule has 0 N–H and O–H groups in total. The Hall–Kier alpha value is -1.40. The molecule has 0 fully saturated rings. The molecule has 0 amide bonds. The molecule has 0 aromatic carbocycles. The van der Waals surface area contributed by atoms with Gasteiger partial charge in [0.25, 0.3) is 0 Å². The van der Waals surface area contributed by atoms with Crippen LogP contribution in [0.25, 0.3) is 10.2 Å². The fourth-order valence-corrected chi connectivity index (χ4v) is 2.25. The normalized spacial score (nSPS) is 9.27. The summed E-state index contributed by atoms with van der Waals surface area (Å²) in [7, 11) is 0. The molecule has 3 heteroatoms. The number of fused-ring (bicyclic) bond motifs is 1. The van der Waals surface area contributed by atoms with E-state index in [1.807, 2.05) is 20.8 Å². The lowest BCUT2D eigenvalue weighted by molar-refractivity contribution is 1.34. The van der Waals surface area contributed by atoms with Gasteiger partial charge in [0.2, 0.25) is 0 Å². The maximum absolute atomic E-state index is 8.80. The second kappa shape index (κ2) is 4.90. The van der Waals surface area contributed by atoms with Gasteiger partial charge in [-0.25, -0.2) is 4.98 Å². The van der Waals surface area contributed by atoms with Crippen molar-refractivity contribution in [3.05, 3.63) is 28.3 Å². The van der Waals surface area contributed by atoms with Gasteiger partial charge in [0.1, 0.15) is 10.9 Å². The molecule has 2 aromatic rings. The highest BCUT2D eigenvalue weighted by Crippen LogP contribution is 2.26. The summed E-state index contributed by atoms with van der Waals surface area (Å²) in [6, 6.07) is 4.23. The van der Waals surface area contributed by atoms with Gasteiger partial charge >= 0.3 is 0 Å². The minimum absolute atomic E-state index is 0.672. The van der Waals surface area contributed by atoms with Gasteiger partial charge in [0.15, 0.2) is 0 Å². The van der Waals surface area contributed by atoms with E-state index >= 15 is 0 Å². The first-order valence-corrected chi connectivity index (χ1v) is 5.80. The molecule has 15 heavy (non-hydrogen) atoms. The van der Waals surface area contributed by atoms with Crippen LogP contribution in [-0.2, 0) is 0 Å². The quantitative estimate of drug-likeness (QED) is 0.674. The van der Waals surface area contributed by atoms with E-state index in [2.05, 4.69) is 24.0 Å². The van der Waals surface area contributed by atoms with Crippen molar-refractivity contribution in [1.29, 1.82) is 5.26 Å². The Kier molecular flexibility index (Phi) is 3.81. The standard InChI is InChI=1S/C10H8N2S.C2H6/c1-6-3-9-7(2)8(4-11)5-12-10(9)13-6;1-2/h3,5H,1-2H3;1-2H3. The van der Waals surface area contributed by atoms with Gasteiger partial charge in [0.05, 0.1) is 5.56 Å². The first-order chi connectivity index (χ1) is 7.22. The predicted molar refractivity (Wildman–Crippen MR) is 65.2 cm³/mol. The average molecular weight is 218 g/mol. The van der Waals surface area contributed by atoms with Crippen molar-refractivity contribution in [2.75, 3.05) is 0 Å². The number of nitrogens with zero attached hydrogens (tertiary/aromatic N) is 2. The Morgan fingerprint density at radius 2 is 2.00 bits per heavy atom. The van der Waals surface area contributed by atoms with E-state index in [4.69, 9.17) is 5.26 Å². The lowest BCUT2D eigenvalue weighted by Crippen LogP contribution is -1.84. The average Bonchev–Trinajstić information content (AvgIpc) is 2.63. The predicted octanol–water partition coefficient (Wildman–Crippen LogP) is 3.81. The minimum atomic E-state index is 0.672. The number of thiophene rings is 1. The number of aromatic nitrogens is 1. The van der Waals surface area contributed by atoms with Crippen LogP contribution in [0.15, 0.2) is 12.3 Å². The molecule has 2 nitrogen and oxygen atoms in total. The number of pyridine rings is 1. The summed E-state index contributed by atoms with van der Waals surface area (Å²) >= 11 is 1.66. The van der Waals surface area contributed by atoms with Crippen LogP contribution in [-0.4, -0.2) is 4.98 Å². The third-order valence-corrected chi connectivity index (χ3v) is 3.03. The molecular formula is C12H14N2S. The Balaban J connectivity index is 0.000000531. The summed E-state index contributed by atoms with van der Waals surface area (Å²) in [5.74, 6) is 0. The zero-order valence-electron chi connectivity index (χ0n) is 9.46. The molecule has 0 aliphatic rings. The lowest BCUT2D eigenvalue weighted by Gasteiger charge is -1.96. The molecule has 0 radical (unpaired) electrons. The van der Waals surface area contributed by atoms with Crippen LogP contribution < -0.4 is 0 Å². The molecule has 0 aliphatic heterocycles. The second-order valence-corrected chi connectivity index (χ2v) is 4.22. The van der Waals surface area contributed by atoms with Crippen LogP contribution >= 0.6 is 11.3 Å². The summed E-state index contributed by atoms with van der Waals surface area (Å²) in [4.78, 5) is 6.49. The number of hydrogen-bond donors (Lipinski definition) is 0. The van der Waals surface area contributed by atoms with Crippen molar-refractivity contribution in [2.24, 2.45) is 0 Å². The molecule has 0 spiro atoms. The van der Waals surface area contributed by atoms with Gasteiger partial charge in [-0.1, -0.05) is 13.8 Å². The van der Waals surface area contributed by atoms with Crippen LogP contribution in [0.5, 0.6) is 0 Å². The van der Waals surface area contributed by atoms with Crippen molar-refractivity contribution < 1.29 is 0 Å². The third kappa shape index (κ3) is 2.16. The molecule has 0 saturated heterocycles. The van der Waals surface area contributed by atoms with Gasteiger partial charge < -0.3 is 0 Å². The maximum Gasteiger partial charge on any atom is 0.123 e. The molecule has 0 atom stereocenters. The number of rotatable bonds is 0. The van der Waals surface area contributed by atoms with Crippen molar-refractivity contribution in [3.63, 3.8) is 0 Å². The zero-order chi connectivity index (χ0) is 11.4. The Labute approximate surface area is 94.2 Å². The van der Waals surface area contributed by atoms with Crippen LogP contribution in [0.1, 0.15) is 29.9 Å². The zero-order valence-corrected chi connectivity index (χ0v) is 10.3. The fourth-order valence-electron chi connectivity index (χ4n) is 1.34. The fraction of sp³-hybridized carbons (Fsp3) is 0.333. The SMILES string of the molecule is CC.Cc1cc2c(C)c(C#N)cnc2s1. The molecule has 2 heterocycles. The largest absolute Gasteiger partial charge is 0.244 e. The van der Waals surface area contributed by atoms with Gasteiger partial charge in [-0.3, -0.25) is 0 Å². The maximum atomic E-state index is 8.80. The molecule has 0 unspecified atom stereocenters.